The molecule has 0 aromatic carbocycles. The number of alkyl halides is 14. The molecule has 0 aromatic heterocycles. The second kappa shape index (κ2) is 4.40. The number of rotatable bonds is 2. The van der Waals surface area contributed by atoms with Crippen LogP contribution in [0.15, 0.2) is 0 Å². The highest BCUT2D eigenvalue weighted by Crippen LogP contribution is 2.77. The van der Waals surface area contributed by atoms with E-state index in [1.54, 1.807) is 0 Å². The first-order valence-corrected chi connectivity index (χ1v) is 5.65. The van der Waals surface area contributed by atoms with Crippen molar-refractivity contribution in [3.05, 3.63) is 0 Å². The molecule has 0 unspecified atom stereocenters. The first-order valence-electron chi connectivity index (χ1n) is 5.65. The fraction of sp³-hybridized carbons (Fsp3) is 1.00. The smallest absolute Gasteiger partial charge is 0.206 e. The van der Waals surface area contributed by atoms with Crippen molar-refractivity contribution in [2.75, 3.05) is 0 Å². The van der Waals surface area contributed by atoms with Crippen LogP contribution < -0.4 is 0 Å². The molecule has 0 radical (unpaired) electrons. The maximum atomic E-state index is 13.6. The van der Waals surface area contributed by atoms with Crippen LogP contribution in [-0.2, 0) is 0 Å². The average Bonchev–Trinajstić information content (AvgIpc) is 2.21. The van der Waals surface area contributed by atoms with Gasteiger partial charge in [0, 0.05) is 13.8 Å². The Morgan fingerprint density at radius 3 is 0.750 bits per heavy atom. The zero-order chi connectivity index (χ0) is 20.0. The highest BCUT2D eigenvalue weighted by molar-refractivity contribution is 5.30. The van der Waals surface area contributed by atoms with Crippen LogP contribution in [0.2, 0.25) is 0 Å². The van der Waals surface area contributed by atoms with Crippen LogP contribution in [0.3, 0.4) is 0 Å². The van der Waals surface area contributed by atoms with E-state index in [9.17, 15) is 61.5 Å². The summed E-state index contributed by atoms with van der Waals surface area (Å²) in [4.78, 5) is 0. The van der Waals surface area contributed by atoms with E-state index in [4.69, 9.17) is 0 Å². The molecule has 0 aromatic rings. The Kier molecular flexibility index (Phi) is 3.86. The Morgan fingerprint density at radius 1 is 0.417 bits per heavy atom. The molecule has 24 heavy (non-hydrogen) atoms. The summed E-state index contributed by atoms with van der Waals surface area (Å²) in [7, 11) is 0. The van der Waals surface area contributed by atoms with Gasteiger partial charge >= 0.3 is 29.6 Å². The third kappa shape index (κ3) is 1.67. The van der Waals surface area contributed by atoms with Gasteiger partial charge in [-0.3, -0.25) is 0 Å². The summed E-state index contributed by atoms with van der Waals surface area (Å²) in [5.74, 6) is -50.9. The van der Waals surface area contributed by atoms with E-state index in [2.05, 4.69) is 0 Å². The van der Waals surface area contributed by atoms with Gasteiger partial charge in [-0.25, -0.2) is 17.6 Å². The minimum Gasteiger partial charge on any atom is -0.206 e. The van der Waals surface area contributed by atoms with E-state index in [1.165, 1.54) is 0 Å². The second-order valence-electron chi connectivity index (χ2n) is 5.40. The van der Waals surface area contributed by atoms with Gasteiger partial charge in [0.05, 0.1) is 0 Å². The summed E-state index contributed by atoms with van der Waals surface area (Å²) < 4.78 is 186. The van der Waals surface area contributed by atoms with Gasteiger partial charge in [-0.2, -0.15) is 43.9 Å². The molecule has 0 heterocycles. The second-order valence-corrected chi connectivity index (χ2v) is 5.40. The van der Waals surface area contributed by atoms with Gasteiger partial charge in [0.15, 0.2) is 0 Å². The third-order valence-corrected chi connectivity index (χ3v) is 3.84. The van der Waals surface area contributed by atoms with Gasteiger partial charge in [0.25, 0.3) is 11.8 Å². The molecule has 0 saturated heterocycles. The lowest BCUT2D eigenvalue weighted by Crippen LogP contribution is -2.88. The average molecular weight is 392 g/mol. The molecule has 14 heteroatoms. The van der Waals surface area contributed by atoms with Crippen LogP contribution in [0.4, 0.5) is 61.5 Å². The van der Waals surface area contributed by atoms with Crippen LogP contribution in [-0.4, -0.2) is 41.5 Å². The number of halogens is 14. The lowest BCUT2D eigenvalue weighted by atomic mass is 9.57. The van der Waals surface area contributed by atoms with E-state index in [-0.39, 0.29) is 0 Å². The van der Waals surface area contributed by atoms with Gasteiger partial charge in [-0.1, -0.05) is 0 Å². The van der Waals surface area contributed by atoms with E-state index in [0.29, 0.717) is 0 Å². The monoisotopic (exact) mass is 392 g/mol. The molecule has 0 nitrogen and oxygen atoms in total. The van der Waals surface area contributed by atoms with Crippen molar-refractivity contribution in [2.24, 2.45) is 5.41 Å². The van der Waals surface area contributed by atoms with Crippen LogP contribution in [0, 0.1) is 5.41 Å². The minimum absolute atomic E-state index is 1.19. The summed E-state index contributed by atoms with van der Waals surface area (Å²) in [5.41, 5.74) is -7.14. The van der Waals surface area contributed by atoms with E-state index in [0.717, 1.165) is 0 Å². The van der Waals surface area contributed by atoms with E-state index < -0.39 is 60.7 Å². The van der Waals surface area contributed by atoms with Gasteiger partial charge < -0.3 is 0 Å². The van der Waals surface area contributed by atoms with Crippen molar-refractivity contribution in [2.45, 2.75) is 55.3 Å². The van der Waals surface area contributed by atoms with Gasteiger partial charge in [-0.05, 0) is 0 Å². The van der Waals surface area contributed by atoms with Crippen molar-refractivity contribution in [3.63, 3.8) is 0 Å². The molecular formula is C10H6F14. The van der Waals surface area contributed by atoms with Gasteiger partial charge in [0.2, 0.25) is 5.41 Å². The Balaban J connectivity index is 4.23. The summed E-state index contributed by atoms with van der Waals surface area (Å²) in [5, 5.41) is 0. The quantitative estimate of drug-likeness (QED) is 0.547. The van der Waals surface area contributed by atoms with Gasteiger partial charge in [0.1, 0.15) is 0 Å². The maximum absolute atomic E-state index is 13.6. The molecule has 1 saturated carbocycles. The Hall–Kier alpha value is -0.980. The van der Waals surface area contributed by atoms with Crippen LogP contribution >= 0.6 is 0 Å². The molecule has 1 fully saturated rings. The fourth-order valence-electron chi connectivity index (χ4n) is 2.75. The first kappa shape index (κ1) is 21.1. The zero-order valence-corrected chi connectivity index (χ0v) is 11.3. The number of hydrogen-bond donors (Lipinski definition) is 0. The molecule has 1 aliphatic carbocycles. The van der Waals surface area contributed by atoms with Crippen LogP contribution in [0.5, 0.6) is 0 Å². The molecule has 0 aliphatic heterocycles. The summed E-state index contributed by atoms with van der Waals surface area (Å²) in [6, 6.07) is 0. The third-order valence-electron chi connectivity index (χ3n) is 3.84. The minimum atomic E-state index is -7.65. The molecule has 1 aliphatic rings. The lowest BCUT2D eigenvalue weighted by molar-refractivity contribution is -0.531. The van der Waals surface area contributed by atoms with E-state index >= 15 is 0 Å². The Morgan fingerprint density at radius 2 is 0.583 bits per heavy atom. The van der Waals surface area contributed by atoms with Crippen molar-refractivity contribution >= 4 is 0 Å². The van der Waals surface area contributed by atoms with E-state index in [1.807, 2.05) is 0 Å². The van der Waals surface area contributed by atoms with Gasteiger partial charge in [-0.15, -0.1) is 0 Å². The number of hydrogen-bond acceptors (Lipinski definition) is 0. The highest BCUT2D eigenvalue weighted by atomic mass is 19.4. The predicted molar refractivity (Wildman–Crippen MR) is 48.4 cm³/mol. The molecule has 0 bridgehead atoms. The Bertz CT molecular complexity index is 473. The maximum Gasteiger partial charge on any atom is 0.384 e. The van der Waals surface area contributed by atoms with Crippen molar-refractivity contribution in [3.8, 4) is 0 Å². The molecule has 0 amide bonds. The predicted octanol–water partition coefficient (Wildman–Crippen LogP) is 5.47. The van der Waals surface area contributed by atoms with Crippen LogP contribution in [0.25, 0.3) is 0 Å². The Labute approximate surface area is 123 Å². The largest absolute Gasteiger partial charge is 0.384 e. The van der Waals surface area contributed by atoms with Crippen molar-refractivity contribution < 1.29 is 61.5 Å². The summed E-state index contributed by atoms with van der Waals surface area (Å²) in [6.07, 6.45) is 0. The molecule has 0 N–H and O–H groups in total. The zero-order valence-electron chi connectivity index (χ0n) is 11.3. The SMILES string of the molecule is CC(F)(F)C1(C(C)(F)F)C(F)(F)C(F)(F)C(F)(F)C(F)(F)C1(F)F. The summed E-state index contributed by atoms with van der Waals surface area (Å²) in [6.45, 7) is -2.39. The molecular weight excluding hydrogens is 386 g/mol. The summed E-state index contributed by atoms with van der Waals surface area (Å²) >= 11 is 0. The fourth-order valence-corrected chi connectivity index (χ4v) is 2.75. The topological polar surface area (TPSA) is 0 Å². The molecule has 0 atom stereocenters. The molecule has 144 valence electrons. The van der Waals surface area contributed by atoms with Crippen molar-refractivity contribution in [1.82, 2.24) is 0 Å². The molecule has 1 rings (SSSR count). The standard InChI is InChI=1S/C10H6F14/c1-3(11,12)5(4(2,13)14)6(15,16)8(19,20)10(23,24)9(21,22)7(5,17)18/h1-2H3. The highest BCUT2D eigenvalue weighted by Gasteiger charge is 3.06. The van der Waals surface area contributed by atoms with Crippen molar-refractivity contribution in [1.29, 1.82) is 0 Å². The molecule has 0 spiro atoms. The van der Waals surface area contributed by atoms with Crippen LogP contribution in [0.1, 0.15) is 13.8 Å². The lowest BCUT2D eigenvalue weighted by Gasteiger charge is -2.59. The normalized spacial score (nSPS) is 30.0. The first-order chi connectivity index (χ1) is 10.0.